The van der Waals surface area contributed by atoms with Crippen molar-refractivity contribution in [3.8, 4) is 0 Å². The Balaban J connectivity index is 1.59. The SMILES string of the molecule is O=C(CCNC(=O)C(c1ccccc1)c1ccccc1)Nc1ccc(I)cc1. The molecule has 2 amide bonds. The summed E-state index contributed by atoms with van der Waals surface area (Å²) in [5, 5.41) is 5.75. The molecule has 3 aromatic rings. The Morgan fingerprint density at radius 2 is 1.32 bits per heavy atom. The average molecular weight is 484 g/mol. The highest BCUT2D eigenvalue weighted by atomic mass is 127. The van der Waals surface area contributed by atoms with Gasteiger partial charge in [-0.05, 0) is 58.0 Å². The molecule has 0 unspecified atom stereocenters. The zero-order valence-corrected chi connectivity index (χ0v) is 17.4. The van der Waals surface area contributed by atoms with Crippen LogP contribution in [0.4, 0.5) is 5.69 Å². The minimum absolute atomic E-state index is 0.112. The Morgan fingerprint density at radius 3 is 1.86 bits per heavy atom. The van der Waals surface area contributed by atoms with Crippen LogP contribution in [0.5, 0.6) is 0 Å². The lowest BCUT2D eigenvalue weighted by Crippen LogP contribution is -2.32. The molecule has 3 aromatic carbocycles. The van der Waals surface area contributed by atoms with Crippen LogP contribution >= 0.6 is 22.6 Å². The molecular formula is C23H21IN2O2. The van der Waals surface area contributed by atoms with Gasteiger partial charge >= 0.3 is 0 Å². The fraction of sp³-hybridized carbons (Fsp3) is 0.130. The molecule has 0 fully saturated rings. The van der Waals surface area contributed by atoms with E-state index in [9.17, 15) is 9.59 Å². The molecule has 28 heavy (non-hydrogen) atoms. The maximum absolute atomic E-state index is 12.9. The predicted octanol–water partition coefficient (Wildman–Crippen LogP) is 4.57. The molecule has 0 saturated carbocycles. The molecule has 0 aliphatic carbocycles. The summed E-state index contributed by atoms with van der Waals surface area (Å²) < 4.78 is 1.11. The topological polar surface area (TPSA) is 58.2 Å². The van der Waals surface area contributed by atoms with Crippen LogP contribution < -0.4 is 10.6 Å². The Kier molecular flexibility index (Phi) is 7.19. The number of halogens is 1. The first-order valence-electron chi connectivity index (χ1n) is 9.06. The molecule has 0 saturated heterocycles. The van der Waals surface area contributed by atoms with Gasteiger partial charge in [-0.25, -0.2) is 0 Å². The Bertz CT molecular complexity index is 873. The highest BCUT2D eigenvalue weighted by molar-refractivity contribution is 14.1. The van der Waals surface area contributed by atoms with Gasteiger partial charge in [0.2, 0.25) is 11.8 Å². The summed E-state index contributed by atoms with van der Waals surface area (Å²) in [6.07, 6.45) is 0.216. The van der Waals surface area contributed by atoms with Gasteiger partial charge < -0.3 is 10.6 Å². The van der Waals surface area contributed by atoms with E-state index in [1.807, 2.05) is 84.9 Å². The van der Waals surface area contributed by atoms with E-state index < -0.39 is 5.92 Å². The van der Waals surface area contributed by atoms with Crippen LogP contribution in [0.15, 0.2) is 84.9 Å². The van der Waals surface area contributed by atoms with Crippen molar-refractivity contribution in [2.45, 2.75) is 12.3 Å². The smallest absolute Gasteiger partial charge is 0.232 e. The number of anilines is 1. The molecule has 0 bridgehead atoms. The largest absolute Gasteiger partial charge is 0.355 e. The Morgan fingerprint density at radius 1 is 0.786 bits per heavy atom. The van der Waals surface area contributed by atoms with Crippen LogP contribution in [-0.2, 0) is 9.59 Å². The van der Waals surface area contributed by atoms with Crippen molar-refractivity contribution in [2.24, 2.45) is 0 Å². The molecule has 0 aliphatic heterocycles. The second-order valence-electron chi connectivity index (χ2n) is 6.35. The fourth-order valence-corrected chi connectivity index (χ4v) is 3.30. The summed E-state index contributed by atoms with van der Waals surface area (Å²) in [5.41, 5.74) is 2.60. The summed E-state index contributed by atoms with van der Waals surface area (Å²) in [4.78, 5) is 25.0. The third-order valence-electron chi connectivity index (χ3n) is 4.31. The van der Waals surface area contributed by atoms with Crippen molar-refractivity contribution < 1.29 is 9.59 Å². The summed E-state index contributed by atoms with van der Waals surface area (Å²) in [5.74, 6) is -0.640. The van der Waals surface area contributed by atoms with E-state index in [0.29, 0.717) is 0 Å². The highest BCUT2D eigenvalue weighted by Crippen LogP contribution is 2.24. The van der Waals surface area contributed by atoms with Crippen LogP contribution in [0.25, 0.3) is 0 Å². The van der Waals surface area contributed by atoms with E-state index in [1.165, 1.54) is 0 Å². The van der Waals surface area contributed by atoms with Crippen molar-refractivity contribution >= 4 is 40.1 Å². The lowest BCUT2D eigenvalue weighted by Gasteiger charge is -2.18. The molecule has 0 atom stereocenters. The van der Waals surface area contributed by atoms with Gasteiger partial charge in [-0.1, -0.05) is 60.7 Å². The molecule has 4 nitrogen and oxygen atoms in total. The summed E-state index contributed by atoms with van der Waals surface area (Å²) in [7, 11) is 0. The lowest BCUT2D eigenvalue weighted by atomic mass is 9.90. The van der Waals surface area contributed by atoms with Crippen LogP contribution in [0.1, 0.15) is 23.5 Å². The summed E-state index contributed by atoms with van der Waals surface area (Å²) in [6, 6.07) is 26.9. The minimum atomic E-state index is -0.401. The molecule has 2 N–H and O–H groups in total. The number of rotatable bonds is 7. The molecule has 0 heterocycles. The summed E-state index contributed by atoms with van der Waals surface area (Å²) in [6.45, 7) is 0.283. The third kappa shape index (κ3) is 5.66. The van der Waals surface area contributed by atoms with Crippen molar-refractivity contribution in [1.29, 1.82) is 0 Å². The number of amides is 2. The maximum Gasteiger partial charge on any atom is 0.232 e. The molecular weight excluding hydrogens is 463 g/mol. The molecule has 0 aliphatic rings. The Hall–Kier alpha value is -2.67. The Labute approximate surface area is 178 Å². The second kappa shape index (κ2) is 10.0. The van der Waals surface area contributed by atoms with Gasteiger partial charge in [0.05, 0.1) is 5.92 Å². The van der Waals surface area contributed by atoms with Gasteiger partial charge in [-0.2, -0.15) is 0 Å². The van der Waals surface area contributed by atoms with Gasteiger partial charge in [-0.15, -0.1) is 0 Å². The van der Waals surface area contributed by atoms with E-state index in [1.54, 1.807) is 0 Å². The molecule has 142 valence electrons. The van der Waals surface area contributed by atoms with Crippen molar-refractivity contribution in [2.75, 3.05) is 11.9 Å². The maximum atomic E-state index is 12.9. The predicted molar refractivity (Wildman–Crippen MR) is 120 cm³/mol. The third-order valence-corrected chi connectivity index (χ3v) is 5.03. The van der Waals surface area contributed by atoms with E-state index in [0.717, 1.165) is 20.4 Å². The molecule has 0 aromatic heterocycles. The number of hydrogen-bond acceptors (Lipinski definition) is 2. The van der Waals surface area contributed by atoms with Gasteiger partial charge in [0.15, 0.2) is 0 Å². The van der Waals surface area contributed by atoms with Crippen LogP contribution in [0.3, 0.4) is 0 Å². The first-order valence-corrected chi connectivity index (χ1v) is 10.1. The van der Waals surface area contributed by atoms with Gasteiger partial charge in [0.1, 0.15) is 0 Å². The molecule has 0 spiro atoms. The van der Waals surface area contributed by atoms with Crippen molar-refractivity contribution in [3.63, 3.8) is 0 Å². The van der Waals surface area contributed by atoms with Crippen molar-refractivity contribution in [3.05, 3.63) is 99.6 Å². The fourth-order valence-electron chi connectivity index (χ4n) is 2.94. The first-order chi connectivity index (χ1) is 13.6. The van der Waals surface area contributed by atoms with E-state index >= 15 is 0 Å². The monoisotopic (exact) mass is 484 g/mol. The number of nitrogens with one attached hydrogen (secondary N) is 2. The van der Waals surface area contributed by atoms with Crippen LogP contribution in [0, 0.1) is 3.57 Å². The first kappa shape index (κ1) is 20.1. The van der Waals surface area contributed by atoms with E-state index in [-0.39, 0.29) is 24.8 Å². The normalized spacial score (nSPS) is 10.5. The number of benzene rings is 3. The van der Waals surface area contributed by atoms with E-state index in [2.05, 4.69) is 33.2 Å². The zero-order chi connectivity index (χ0) is 19.8. The van der Waals surface area contributed by atoms with Gasteiger partial charge in [-0.3, -0.25) is 9.59 Å². The van der Waals surface area contributed by atoms with Gasteiger partial charge in [0.25, 0.3) is 0 Å². The minimum Gasteiger partial charge on any atom is -0.355 e. The van der Waals surface area contributed by atoms with Gasteiger partial charge in [0, 0.05) is 22.2 Å². The standard InChI is InChI=1S/C23H21IN2O2/c24-19-11-13-20(14-12-19)26-21(27)15-16-25-23(28)22(17-7-3-1-4-8-17)18-9-5-2-6-10-18/h1-14,22H,15-16H2,(H,25,28)(H,26,27). The van der Waals surface area contributed by atoms with Crippen molar-refractivity contribution in [1.82, 2.24) is 5.32 Å². The highest BCUT2D eigenvalue weighted by Gasteiger charge is 2.22. The average Bonchev–Trinajstić information content (AvgIpc) is 2.71. The number of hydrogen-bond donors (Lipinski definition) is 2. The molecule has 3 rings (SSSR count). The number of carbonyl (C=O) groups is 2. The van der Waals surface area contributed by atoms with E-state index in [4.69, 9.17) is 0 Å². The second-order valence-corrected chi connectivity index (χ2v) is 7.60. The molecule has 5 heteroatoms. The van der Waals surface area contributed by atoms with Crippen LogP contribution in [-0.4, -0.2) is 18.4 Å². The lowest BCUT2D eigenvalue weighted by molar-refractivity contribution is -0.121. The quantitative estimate of drug-likeness (QED) is 0.483. The number of carbonyl (C=O) groups excluding carboxylic acids is 2. The summed E-state index contributed by atoms with van der Waals surface area (Å²) >= 11 is 2.22. The van der Waals surface area contributed by atoms with Crippen LogP contribution in [0.2, 0.25) is 0 Å². The molecule has 0 radical (unpaired) electrons. The zero-order valence-electron chi connectivity index (χ0n) is 15.3.